The van der Waals surface area contributed by atoms with Crippen LogP contribution in [0.4, 0.5) is 4.39 Å². The molecule has 0 aliphatic carbocycles. The third-order valence-corrected chi connectivity index (χ3v) is 3.63. The lowest BCUT2D eigenvalue weighted by Crippen LogP contribution is -2.37. The van der Waals surface area contributed by atoms with E-state index in [4.69, 9.17) is 9.47 Å². The molecule has 0 spiro atoms. The van der Waals surface area contributed by atoms with Gasteiger partial charge in [0.15, 0.2) is 6.79 Å². The monoisotopic (exact) mass is 267 g/mol. The first-order valence-corrected chi connectivity index (χ1v) is 6.64. The maximum Gasteiger partial charge on any atom is 0.189 e. The molecule has 104 valence electrons. The van der Waals surface area contributed by atoms with Gasteiger partial charge < -0.3 is 14.6 Å². The van der Waals surface area contributed by atoms with Gasteiger partial charge in [0.25, 0.3) is 0 Å². The number of hydrogen-bond donors (Lipinski definition) is 1. The van der Waals surface area contributed by atoms with Crippen LogP contribution in [0.15, 0.2) is 12.1 Å². The Bertz CT molecular complexity index is 466. The molecule has 1 fully saturated rings. The van der Waals surface area contributed by atoms with Crippen LogP contribution in [0.1, 0.15) is 24.0 Å². The van der Waals surface area contributed by atoms with Crippen molar-refractivity contribution in [3.05, 3.63) is 29.1 Å². The van der Waals surface area contributed by atoms with Gasteiger partial charge in [0.05, 0.1) is 12.7 Å². The van der Waals surface area contributed by atoms with E-state index in [1.54, 1.807) is 0 Å². The first kappa shape index (κ1) is 12.8. The second kappa shape index (κ2) is 5.45. The number of hydrogen-bond acceptors (Lipinski definition) is 4. The maximum atomic E-state index is 13.6. The summed E-state index contributed by atoms with van der Waals surface area (Å²) >= 11 is 0. The maximum absolute atomic E-state index is 13.6. The van der Waals surface area contributed by atoms with Crippen molar-refractivity contribution in [1.82, 2.24) is 4.90 Å². The number of piperidine rings is 1. The Balaban J connectivity index is 1.81. The van der Waals surface area contributed by atoms with Crippen molar-refractivity contribution in [3.63, 3.8) is 0 Å². The average Bonchev–Trinajstić information content (AvgIpc) is 2.38. The van der Waals surface area contributed by atoms with Gasteiger partial charge in [-0.25, -0.2) is 4.39 Å². The normalized spacial score (nSPS) is 23.8. The molecule has 1 N–H and O–H groups in total. The van der Waals surface area contributed by atoms with Gasteiger partial charge in [0, 0.05) is 24.2 Å². The van der Waals surface area contributed by atoms with Crippen LogP contribution in [0.2, 0.25) is 0 Å². The van der Waals surface area contributed by atoms with Crippen LogP contribution in [-0.2, 0) is 17.9 Å². The lowest BCUT2D eigenvalue weighted by molar-refractivity contribution is -0.0181. The highest BCUT2D eigenvalue weighted by Gasteiger charge is 2.22. The topological polar surface area (TPSA) is 41.9 Å². The van der Waals surface area contributed by atoms with Gasteiger partial charge >= 0.3 is 0 Å². The van der Waals surface area contributed by atoms with Crippen LogP contribution in [0.3, 0.4) is 0 Å². The molecule has 1 atom stereocenters. The van der Waals surface area contributed by atoms with Crippen molar-refractivity contribution >= 4 is 0 Å². The number of fused-ring (bicyclic) bond motifs is 1. The van der Waals surface area contributed by atoms with E-state index in [0.717, 1.165) is 36.3 Å². The van der Waals surface area contributed by atoms with Crippen molar-refractivity contribution in [2.24, 2.45) is 0 Å². The number of nitrogens with zero attached hydrogens (tertiary/aromatic N) is 1. The molecule has 0 aromatic heterocycles. The van der Waals surface area contributed by atoms with Crippen LogP contribution >= 0.6 is 0 Å². The van der Waals surface area contributed by atoms with Crippen molar-refractivity contribution in [2.75, 3.05) is 19.9 Å². The molecule has 5 heteroatoms. The van der Waals surface area contributed by atoms with Gasteiger partial charge in [-0.05, 0) is 31.5 Å². The van der Waals surface area contributed by atoms with Crippen LogP contribution in [-0.4, -0.2) is 36.0 Å². The fraction of sp³-hybridized carbons (Fsp3) is 0.571. The summed E-state index contributed by atoms with van der Waals surface area (Å²) in [5.41, 5.74) is 1.60. The summed E-state index contributed by atoms with van der Waals surface area (Å²) < 4.78 is 24.3. The Morgan fingerprint density at radius 1 is 1.42 bits per heavy atom. The molecule has 0 bridgehead atoms. The van der Waals surface area contributed by atoms with Crippen molar-refractivity contribution in [3.8, 4) is 5.75 Å². The van der Waals surface area contributed by atoms with Gasteiger partial charge in [-0.15, -0.1) is 0 Å². The summed E-state index contributed by atoms with van der Waals surface area (Å²) in [7, 11) is 0. The Kier molecular flexibility index (Phi) is 3.68. The molecule has 1 unspecified atom stereocenters. The van der Waals surface area contributed by atoms with Gasteiger partial charge in [-0.3, -0.25) is 4.90 Å². The highest BCUT2D eigenvalue weighted by molar-refractivity contribution is 5.42. The highest BCUT2D eigenvalue weighted by Crippen LogP contribution is 2.30. The van der Waals surface area contributed by atoms with Crippen LogP contribution in [0, 0.1) is 5.82 Å². The van der Waals surface area contributed by atoms with Crippen LogP contribution < -0.4 is 4.74 Å². The predicted octanol–water partition coefficient (Wildman–Crippen LogP) is 1.65. The van der Waals surface area contributed by atoms with Gasteiger partial charge in [0.1, 0.15) is 11.6 Å². The zero-order valence-corrected chi connectivity index (χ0v) is 10.8. The smallest absolute Gasteiger partial charge is 0.189 e. The lowest BCUT2D eigenvalue weighted by atomic mass is 10.0. The van der Waals surface area contributed by atoms with Crippen LogP contribution in [0.5, 0.6) is 5.75 Å². The summed E-state index contributed by atoms with van der Waals surface area (Å²) in [6.45, 7) is 2.79. The van der Waals surface area contributed by atoms with Crippen molar-refractivity contribution in [1.29, 1.82) is 0 Å². The lowest BCUT2D eigenvalue weighted by Gasteiger charge is -2.31. The van der Waals surface area contributed by atoms with Gasteiger partial charge in [0.2, 0.25) is 0 Å². The Labute approximate surface area is 111 Å². The first-order chi connectivity index (χ1) is 9.22. The zero-order valence-electron chi connectivity index (χ0n) is 10.8. The Morgan fingerprint density at radius 2 is 2.32 bits per heavy atom. The molecule has 0 saturated carbocycles. The minimum Gasteiger partial charge on any atom is -0.467 e. The fourth-order valence-corrected chi connectivity index (χ4v) is 2.79. The van der Waals surface area contributed by atoms with E-state index in [1.807, 2.05) is 0 Å². The average molecular weight is 267 g/mol. The van der Waals surface area contributed by atoms with E-state index in [-0.39, 0.29) is 18.7 Å². The van der Waals surface area contributed by atoms with Crippen LogP contribution in [0.25, 0.3) is 0 Å². The van der Waals surface area contributed by atoms with E-state index in [0.29, 0.717) is 19.7 Å². The Morgan fingerprint density at radius 3 is 3.16 bits per heavy atom. The molecule has 1 aromatic carbocycles. The number of β-amino-alcohol motifs (C(OH)–C–C–N with tert-alkyl or cyclic N) is 1. The third-order valence-electron chi connectivity index (χ3n) is 3.63. The molecule has 1 saturated heterocycles. The van der Waals surface area contributed by atoms with Gasteiger partial charge in [-0.2, -0.15) is 0 Å². The largest absolute Gasteiger partial charge is 0.467 e. The predicted molar refractivity (Wildman–Crippen MR) is 67.2 cm³/mol. The molecule has 3 rings (SSSR count). The van der Waals surface area contributed by atoms with E-state index in [1.165, 1.54) is 12.1 Å². The Hall–Kier alpha value is -1.17. The number of halogens is 1. The molecule has 19 heavy (non-hydrogen) atoms. The molecule has 2 heterocycles. The highest BCUT2D eigenvalue weighted by atomic mass is 19.1. The SMILES string of the molecule is OC1CCCN(Cc2cc(F)cc3c2OCOC3)C1. The van der Waals surface area contributed by atoms with Gasteiger partial charge in [-0.1, -0.05) is 0 Å². The third kappa shape index (κ3) is 2.88. The minimum atomic E-state index is -0.276. The minimum absolute atomic E-state index is 0.217. The standard InChI is InChI=1S/C14H18FNO3/c15-12-4-10(6-16-3-1-2-13(17)7-16)14-11(5-12)8-18-9-19-14/h4-5,13,17H,1-3,6-9H2. The first-order valence-electron chi connectivity index (χ1n) is 6.64. The molecular formula is C14H18FNO3. The fourth-order valence-electron chi connectivity index (χ4n) is 2.79. The number of aliphatic hydroxyl groups is 1. The van der Waals surface area contributed by atoms with Crippen molar-refractivity contribution in [2.45, 2.75) is 32.1 Å². The number of likely N-dealkylation sites (tertiary alicyclic amines) is 1. The van der Waals surface area contributed by atoms with E-state index >= 15 is 0 Å². The molecule has 0 amide bonds. The van der Waals surface area contributed by atoms with E-state index in [2.05, 4.69) is 4.90 Å². The summed E-state index contributed by atoms with van der Waals surface area (Å²) in [4.78, 5) is 2.14. The van der Waals surface area contributed by atoms with E-state index in [9.17, 15) is 9.50 Å². The van der Waals surface area contributed by atoms with Crippen molar-refractivity contribution < 1.29 is 19.0 Å². The summed E-state index contributed by atoms with van der Waals surface area (Å²) in [6, 6.07) is 2.98. The van der Waals surface area contributed by atoms with E-state index < -0.39 is 0 Å². The number of aliphatic hydroxyl groups excluding tert-OH is 1. The molecule has 2 aliphatic rings. The summed E-state index contributed by atoms with van der Waals surface area (Å²) in [6.07, 6.45) is 1.55. The number of ether oxygens (including phenoxy) is 2. The number of rotatable bonds is 2. The molecule has 1 aromatic rings. The molecule has 0 radical (unpaired) electrons. The molecule has 2 aliphatic heterocycles. The quantitative estimate of drug-likeness (QED) is 0.884. The zero-order chi connectivity index (χ0) is 13.2. The summed E-state index contributed by atoms with van der Waals surface area (Å²) in [5, 5.41) is 9.68. The summed E-state index contributed by atoms with van der Waals surface area (Å²) in [5.74, 6) is 0.480. The second-order valence-electron chi connectivity index (χ2n) is 5.19. The molecular weight excluding hydrogens is 249 g/mol. The molecule has 4 nitrogen and oxygen atoms in total. The second-order valence-corrected chi connectivity index (χ2v) is 5.19. The number of benzene rings is 1.